The van der Waals surface area contributed by atoms with Crippen molar-refractivity contribution in [2.24, 2.45) is 0 Å². The molecule has 0 bridgehead atoms. The van der Waals surface area contributed by atoms with Gasteiger partial charge in [0.1, 0.15) is 11.6 Å². The number of benzene rings is 1. The maximum Gasteiger partial charge on any atom is 0.416 e. The molecule has 0 amide bonds. The molecule has 0 saturated heterocycles. The fourth-order valence-electron chi connectivity index (χ4n) is 1.76. The van der Waals surface area contributed by atoms with E-state index >= 15 is 0 Å². The maximum atomic E-state index is 13.2. The van der Waals surface area contributed by atoms with Crippen molar-refractivity contribution < 1.29 is 39.3 Å². The van der Waals surface area contributed by atoms with Crippen LogP contribution < -0.4 is 17.0 Å². The normalized spacial score (nSPS) is 11.2. The van der Waals surface area contributed by atoms with Crippen molar-refractivity contribution in [2.75, 3.05) is 19.8 Å². The monoisotopic (exact) mass is 372 g/mol. The molecule has 0 heterocycles. The van der Waals surface area contributed by atoms with Gasteiger partial charge in [-0.2, -0.15) is 13.6 Å². The second-order valence-electron chi connectivity index (χ2n) is 3.80. The molecule has 7 heteroatoms. The standard InChI is InChI=1S/C13H20F2O3P.BrH/c1-4-16-19(17-5-2,18-6-3)10-11-7-12(14)9-13(15)8-11;/h7-9H,4-6,10H2,1-3H3;1H/q+1;/p-1. The lowest BCUT2D eigenvalue weighted by molar-refractivity contribution is -0.0000114. The summed E-state index contributed by atoms with van der Waals surface area (Å²) in [5.41, 5.74) is 0.473. The Morgan fingerprint density at radius 1 is 0.850 bits per heavy atom. The fraction of sp³-hybridized carbons (Fsp3) is 0.538. The Kier molecular flexibility index (Phi) is 9.68. The topological polar surface area (TPSA) is 27.7 Å². The van der Waals surface area contributed by atoms with Crippen LogP contribution >= 0.6 is 7.94 Å². The quantitative estimate of drug-likeness (QED) is 0.644. The minimum atomic E-state index is -2.59. The molecule has 116 valence electrons. The molecule has 1 aromatic rings. The van der Waals surface area contributed by atoms with E-state index in [9.17, 15) is 8.78 Å². The molecule has 0 saturated carbocycles. The third kappa shape index (κ3) is 6.10. The van der Waals surface area contributed by atoms with Crippen LogP contribution in [0.15, 0.2) is 18.2 Å². The van der Waals surface area contributed by atoms with Gasteiger partial charge >= 0.3 is 7.94 Å². The number of hydrogen-bond donors (Lipinski definition) is 0. The van der Waals surface area contributed by atoms with Gasteiger partial charge in [0.15, 0.2) is 6.16 Å². The maximum absolute atomic E-state index is 13.2. The lowest BCUT2D eigenvalue weighted by Gasteiger charge is -2.21. The molecule has 0 atom stereocenters. The summed E-state index contributed by atoms with van der Waals surface area (Å²) in [6.07, 6.45) is 0.233. The van der Waals surface area contributed by atoms with Crippen LogP contribution in [0.1, 0.15) is 26.3 Å². The van der Waals surface area contributed by atoms with Gasteiger partial charge in [0.25, 0.3) is 0 Å². The summed E-state index contributed by atoms with van der Waals surface area (Å²) in [7, 11) is -2.59. The van der Waals surface area contributed by atoms with Crippen molar-refractivity contribution in [3.05, 3.63) is 35.4 Å². The summed E-state index contributed by atoms with van der Waals surface area (Å²) in [5, 5.41) is 0. The minimum Gasteiger partial charge on any atom is -1.00 e. The number of hydrogen-bond acceptors (Lipinski definition) is 3. The molecule has 20 heavy (non-hydrogen) atoms. The van der Waals surface area contributed by atoms with Crippen LogP contribution in [0.4, 0.5) is 8.78 Å². The van der Waals surface area contributed by atoms with Gasteiger partial charge in [-0.15, -0.1) is 0 Å². The van der Waals surface area contributed by atoms with Crippen LogP contribution in [-0.2, 0) is 19.7 Å². The van der Waals surface area contributed by atoms with Gasteiger partial charge in [-0.3, -0.25) is 0 Å². The van der Waals surface area contributed by atoms with Crippen LogP contribution in [0.25, 0.3) is 0 Å². The van der Waals surface area contributed by atoms with Crippen LogP contribution in [0.2, 0.25) is 0 Å². The largest absolute Gasteiger partial charge is 1.00 e. The highest BCUT2D eigenvalue weighted by Crippen LogP contribution is 2.64. The van der Waals surface area contributed by atoms with Crippen molar-refractivity contribution >= 4 is 7.94 Å². The van der Waals surface area contributed by atoms with Crippen LogP contribution in [0, 0.1) is 11.6 Å². The number of halogens is 3. The van der Waals surface area contributed by atoms with E-state index in [1.54, 1.807) is 0 Å². The third-order valence-electron chi connectivity index (χ3n) is 2.28. The highest BCUT2D eigenvalue weighted by atomic mass is 79.9. The second-order valence-corrected chi connectivity index (χ2v) is 6.11. The minimum absolute atomic E-state index is 0. The molecule has 0 radical (unpaired) electrons. The molecule has 0 aromatic heterocycles. The smallest absolute Gasteiger partial charge is 0.416 e. The Labute approximate surface area is 130 Å². The first-order chi connectivity index (χ1) is 9.05. The van der Waals surface area contributed by atoms with Gasteiger partial charge < -0.3 is 17.0 Å². The van der Waals surface area contributed by atoms with E-state index in [0.717, 1.165) is 6.07 Å². The summed E-state index contributed by atoms with van der Waals surface area (Å²) < 4.78 is 43.3. The van der Waals surface area contributed by atoms with E-state index in [-0.39, 0.29) is 23.1 Å². The molecule has 0 N–H and O–H groups in total. The predicted octanol–water partition coefficient (Wildman–Crippen LogP) is 1.34. The van der Waals surface area contributed by atoms with Gasteiger partial charge in [-0.25, -0.2) is 8.78 Å². The van der Waals surface area contributed by atoms with Gasteiger partial charge in [-0.05, 0) is 32.9 Å². The Morgan fingerprint density at radius 2 is 1.25 bits per heavy atom. The highest BCUT2D eigenvalue weighted by Gasteiger charge is 2.44. The van der Waals surface area contributed by atoms with Crippen molar-refractivity contribution in [3.63, 3.8) is 0 Å². The molecular weight excluding hydrogens is 353 g/mol. The Morgan fingerprint density at radius 3 is 1.60 bits per heavy atom. The molecule has 0 aliphatic carbocycles. The zero-order valence-electron chi connectivity index (χ0n) is 11.9. The third-order valence-corrected chi connectivity index (χ3v) is 4.98. The average molecular weight is 373 g/mol. The SMILES string of the molecule is CCO[P+](Cc1cc(F)cc(F)c1)(OCC)OCC.[Br-]. The van der Waals surface area contributed by atoms with Crippen molar-refractivity contribution in [2.45, 2.75) is 26.9 Å². The van der Waals surface area contributed by atoms with E-state index < -0.39 is 19.6 Å². The molecule has 0 unspecified atom stereocenters. The summed E-state index contributed by atoms with van der Waals surface area (Å²) in [5.74, 6) is -1.23. The van der Waals surface area contributed by atoms with Crippen molar-refractivity contribution in [1.82, 2.24) is 0 Å². The van der Waals surface area contributed by atoms with Crippen LogP contribution in [0.5, 0.6) is 0 Å². The first kappa shape index (κ1) is 19.9. The van der Waals surface area contributed by atoms with E-state index in [1.807, 2.05) is 20.8 Å². The summed E-state index contributed by atoms with van der Waals surface area (Å²) in [6.45, 7) is 6.76. The lowest BCUT2D eigenvalue weighted by atomic mass is 10.2. The molecule has 0 spiro atoms. The van der Waals surface area contributed by atoms with Crippen LogP contribution in [-0.4, -0.2) is 19.8 Å². The van der Waals surface area contributed by atoms with E-state index in [4.69, 9.17) is 13.6 Å². The van der Waals surface area contributed by atoms with Gasteiger partial charge in [0, 0.05) is 11.6 Å². The average Bonchev–Trinajstić information content (AvgIpc) is 2.28. The van der Waals surface area contributed by atoms with E-state index in [1.165, 1.54) is 12.1 Å². The Balaban J connectivity index is 0.00000361. The molecule has 0 aliphatic heterocycles. The zero-order chi connectivity index (χ0) is 14.3. The fourth-order valence-corrected chi connectivity index (χ4v) is 4.07. The van der Waals surface area contributed by atoms with Crippen molar-refractivity contribution in [1.29, 1.82) is 0 Å². The molecule has 0 fully saturated rings. The van der Waals surface area contributed by atoms with Crippen molar-refractivity contribution in [3.8, 4) is 0 Å². The van der Waals surface area contributed by atoms with E-state index in [0.29, 0.717) is 25.4 Å². The molecule has 1 aromatic carbocycles. The zero-order valence-corrected chi connectivity index (χ0v) is 14.3. The first-order valence-corrected chi connectivity index (χ1v) is 8.04. The summed E-state index contributed by atoms with van der Waals surface area (Å²) >= 11 is 0. The molecule has 1 rings (SSSR count). The number of rotatable bonds is 8. The van der Waals surface area contributed by atoms with Gasteiger partial charge in [0.2, 0.25) is 0 Å². The Hall–Kier alpha value is -0.130. The Bertz CT molecular complexity index is 370. The van der Waals surface area contributed by atoms with Crippen LogP contribution in [0.3, 0.4) is 0 Å². The molecule has 3 nitrogen and oxygen atoms in total. The molecule has 0 aliphatic rings. The predicted molar refractivity (Wildman–Crippen MR) is 71.9 cm³/mol. The van der Waals surface area contributed by atoms with Gasteiger partial charge in [-0.1, -0.05) is 0 Å². The second kappa shape index (κ2) is 9.74. The molecular formula is C13H20BrF2O3P. The first-order valence-electron chi connectivity index (χ1n) is 6.31. The highest BCUT2D eigenvalue weighted by molar-refractivity contribution is 7.60. The van der Waals surface area contributed by atoms with E-state index in [2.05, 4.69) is 0 Å². The summed E-state index contributed by atoms with van der Waals surface area (Å²) in [6, 6.07) is 3.38. The summed E-state index contributed by atoms with van der Waals surface area (Å²) in [4.78, 5) is 0. The lowest BCUT2D eigenvalue weighted by Crippen LogP contribution is -3.00. The van der Waals surface area contributed by atoms with Gasteiger partial charge in [0.05, 0.1) is 19.8 Å².